The van der Waals surface area contributed by atoms with Crippen molar-refractivity contribution in [3.8, 4) is 33.3 Å². The second-order valence-corrected chi connectivity index (χ2v) is 6.70. The van der Waals surface area contributed by atoms with E-state index in [1.807, 2.05) is 30.6 Å². The van der Waals surface area contributed by atoms with Gasteiger partial charge >= 0.3 is 0 Å². The first kappa shape index (κ1) is 15.1. The number of aromatic nitrogens is 2. The van der Waals surface area contributed by atoms with Gasteiger partial charge in [-0.3, -0.25) is 4.98 Å². The molecule has 0 atom stereocenters. The number of hydrogen-bond donors (Lipinski definition) is 0. The molecule has 0 amide bonds. The van der Waals surface area contributed by atoms with Crippen LogP contribution in [0.2, 0.25) is 0 Å². The molecule has 1 fully saturated rings. The largest absolute Gasteiger partial charge is 0.497 e. The molecular formula is C19H18N2O2S. The Morgan fingerprint density at radius 2 is 1.96 bits per heavy atom. The van der Waals surface area contributed by atoms with Crippen molar-refractivity contribution in [3.63, 3.8) is 0 Å². The van der Waals surface area contributed by atoms with E-state index in [0.717, 1.165) is 33.3 Å². The Hall–Kier alpha value is -2.40. The molecule has 0 aliphatic heterocycles. The Labute approximate surface area is 145 Å². The van der Waals surface area contributed by atoms with Crippen molar-refractivity contribution in [2.24, 2.45) is 0 Å². The maximum Gasteiger partial charge on any atom is 0.128 e. The summed E-state index contributed by atoms with van der Waals surface area (Å²) in [7, 11) is 3.33. The topological polar surface area (TPSA) is 44.2 Å². The Bertz CT molecular complexity index is 871. The van der Waals surface area contributed by atoms with Crippen molar-refractivity contribution < 1.29 is 9.47 Å². The summed E-state index contributed by atoms with van der Waals surface area (Å²) >= 11 is 1.64. The molecule has 5 heteroatoms. The van der Waals surface area contributed by atoms with Crippen LogP contribution >= 0.6 is 11.3 Å². The molecule has 4 nitrogen and oxygen atoms in total. The molecule has 0 saturated heterocycles. The number of hydrogen-bond acceptors (Lipinski definition) is 5. The van der Waals surface area contributed by atoms with Crippen LogP contribution in [0.15, 0.2) is 42.0 Å². The molecule has 24 heavy (non-hydrogen) atoms. The average Bonchev–Trinajstić information content (AvgIpc) is 3.38. The highest BCUT2D eigenvalue weighted by Gasteiger charge is 2.27. The van der Waals surface area contributed by atoms with Crippen LogP contribution in [0.4, 0.5) is 0 Å². The molecule has 2 aromatic heterocycles. The van der Waals surface area contributed by atoms with Gasteiger partial charge in [0.15, 0.2) is 0 Å². The zero-order valence-electron chi connectivity index (χ0n) is 13.7. The smallest absolute Gasteiger partial charge is 0.128 e. The van der Waals surface area contributed by atoms with E-state index >= 15 is 0 Å². The van der Waals surface area contributed by atoms with E-state index in [2.05, 4.69) is 16.4 Å². The summed E-state index contributed by atoms with van der Waals surface area (Å²) < 4.78 is 10.8. The van der Waals surface area contributed by atoms with Crippen LogP contribution in [0.25, 0.3) is 21.8 Å². The molecule has 2 heterocycles. The first-order valence-corrected chi connectivity index (χ1v) is 8.80. The van der Waals surface area contributed by atoms with Gasteiger partial charge in [-0.2, -0.15) is 0 Å². The number of methoxy groups -OCH3 is 2. The predicted octanol–water partition coefficient (Wildman–Crippen LogP) is 4.77. The van der Waals surface area contributed by atoms with Gasteiger partial charge in [-0.1, -0.05) is 0 Å². The monoisotopic (exact) mass is 338 g/mol. The van der Waals surface area contributed by atoms with Gasteiger partial charge in [0.2, 0.25) is 0 Å². The summed E-state index contributed by atoms with van der Waals surface area (Å²) in [5, 5.41) is 3.07. The summed E-state index contributed by atoms with van der Waals surface area (Å²) in [4.78, 5) is 9.15. The minimum Gasteiger partial charge on any atom is -0.497 e. The fourth-order valence-electron chi connectivity index (χ4n) is 2.87. The van der Waals surface area contributed by atoms with Crippen molar-refractivity contribution in [1.82, 2.24) is 9.97 Å². The van der Waals surface area contributed by atoms with Gasteiger partial charge in [0.1, 0.15) is 16.5 Å². The lowest BCUT2D eigenvalue weighted by Gasteiger charge is -2.08. The minimum atomic E-state index is 0.668. The maximum atomic E-state index is 5.48. The van der Waals surface area contributed by atoms with Crippen LogP contribution in [-0.4, -0.2) is 24.2 Å². The zero-order valence-corrected chi connectivity index (χ0v) is 14.5. The first-order chi connectivity index (χ1) is 11.8. The van der Waals surface area contributed by atoms with Gasteiger partial charge < -0.3 is 9.47 Å². The van der Waals surface area contributed by atoms with E-state index in [1.54, 1.807) is 25.6 Å². The molecule has 122 valence electrons. The summed E-state index contributed by atoms with van der Waals surface area (Å²) in [5.74, 6) is 2.25. The van der Waals surface area contributed by atoms with Crippen LogP contribution in [0.1, 0.15) is 24.3 Å². The molecule has 0 spiro atoms. The van der Waals surface area contributed by atoms with Crippen LogP contribution < -0.4 is 9.47 Å². The number of pyridine rings is 1. The van der Waals surface area contributed by atoms with Gasteiger partial charge in [-0.25, -0.2) is 4.98 Å². The highest BCUT2D eigenvalue weighted by molar-refractivity contribution is 7.13. The van der Waals surface area contributed by atoms with Crippen molar-refractivity contribution >= 4 is 11.3 Å². The quantitative estimate of drug-likeness (QED) is 0.672. The molecule has 0 bridgehead atoms. The third kappa shape index (κ3) is 2.76. The molecular weight excluding hydrogens is 320 g/mol. The first-order valence-electron chi connectivity index (χ1n) is 7.92. The van der Waals surface area contributed by atoms with E-state index in [9.17, 15) is 0 Å². The third-order valence-electron chi connectivity index (χ3n) is 4.29. The highest BCUT2D eigenvalue weighted by Crippen LogP contribution is 2.45. The Kier molecular flexibility index (Phi) is 3.94. The van der Waals surface area contributed by atoms with Crippen LogP contribution in [0.5, 0.6) is 11.5 Å². The van der Waals surface area contributed by atoms with Crippen LogP contribution in [-0.2, 0) is 0 Å². The number of nitrogens with zero attached hydrogens (tertiary/aromatic N) is 2. The molecule has 3 aromatic rings. The predicted molar refractivity (Wildman–Crippen MR) is 95.9 cm³/mol. The Morgan fingerprint density at radius 1 is 1.08 bits per heavy atom. The molecule has 0 radical (unpaired) electrons. The summed E-state index contributed by atoms with van der Waals surface area (Å²) in [5.41, 5.74) is 4.36. The SMILES string of the molecule is COc1ccc(OC)c(-c2csc(-c3cnccc3C3CC3)n2)c1. The second kappa shape index (κ2) is 6.24. The van der Waals surface area contributed by atoms with Gasteiger partial charge in [0.05, 0.1) is 19.9 Å². The minimum absolute atomic E-state index is 0.668. The van der Waals surface area contributed by atoms with Gasteiger partial charge in [0, 0.05) is 28.9 Å². The molecule has 1 saturated carbocycles. The lowest BCUT2D eigenvalue weighted by Crippen LogP contribution is -1.91. The standard InChI is InChI=1S/C19H18N2O2S/c1-22-13-5-6-18(23-2)15(9-13)17-11-24-19(21-17)16-10-20-8-7-14(16)12-3-4-12/h5-12H,3-4H2,1-2H3. The number of rotatable bonds is 5. The number of benzene rings is 1. The van der Waals surface area contributed by atoms with Crippen LogP contribution in [0.3, 0.4) is 0 Å². The van der Waals surface area contributed by atoms with Crippen molar-refractivity contribution in [2.45, 2.75) is 18.8 Å². The van der Waals surface area contributed by atoms with E-state index in [-0.39, 0.29) is 0 Å². The molecule has 0 N–H and O–H groups in total. The Balaban J connectivity index is 1.76. The van der Waals surface area contributed by atoms with E-state index < -0.39 is 0 Å². The van der Waals surface area contributed by atoms with Gasteiger partial charge in [-0.15, -0.1) is 11.3 Å². The maximum absolute atomic E-state index is 5.48. The summed E-state index contributed by atoms with van der Waals surface area (Å²) in [6, 6.07) is 7.89. The fraction of sp³-hybridized carbons (Fsp3) is 0.263. The van der Waals surface area contributed by atoms with Gasteiger partial charge in [-0.05, 0) is 48.6 Å². The highest BCUT2D eigenvalue weighted by atomic mass is 32.1. The van der Waals surface area contributed by atoms with Crippen LogP contribution in [0, 0.1) is 0 Å². The molecule has 4 rings (SSSR count). The third-order valence-corrected chi connectivity index (χ3v) is 5.16. The zero-order chi connectivity index (χ0) is 16.5. The lowest BCUT2D eigenvalue weighted by atomic mass is 10.1. The number of thiazole rings is 1. The summed E-state index contributed by atoms with van der Waals surface area (Å²) in [6.45, 7) is 0. The van der Waals surface area contributed by atoms with E-state index in [0.29, 0.717) is 5.92 Å². The molecule has 1 aromatic carbocycles. The van der Waals surface area contributed by atoms with Crippen molar-refractivity contribution in [2.75, 3.05) is 14.2 Å². The van der Waals surface area contributed by atoms with Crippen molar-refractivity contribution in [1.29, 1.82) is 0 Å². The fourth-order valence-corrected chi connectivity index (χ4v) is 3.72. The number of ether oxygens (including phenoxy) is 2. The Morgan fingerprint density at radius 3 is 2.71 bits per heavy atom. The van der Waals surface area contributed by atoms with E-state index in [1.165, 1.54) is 18.4 Å². The normalized spacial score (nSPS) is 13.8. The second-order valence-electron chi connectivity index (χ2n) is 5.84. The van der Waals surface area contributed by atoms with E-state index in [4.69, 9.17) is 14.5 Å². The average molecular weight is 338 g/mol. The van der Waals surface area contributed by atoms with Crippen molar-refractivity contribution in [3.05, 3.63) is 47.6 Å². The molecule has 0 unspecified atom stereocenters. The van der Waals surface area contributed by atoms with Gasteiger partial charge in [0.25, 0.3) is 0 Å². The summed E-state index contributed by atoms with van der Waals surface area (Å²) in [6.07, 6.45) is 6.33. The molecule has 1 aliphatic rings. The molecule has 1 aliphatic carbocycles. The lowest BCUT2D eigenvalue weighted by molar-refractivity contribution is 0.404.